The average molecular weight is 395 g/mol. The van der Waals surface area contributed by atoms with Crippen LogP contribution in [0.2, 0.25) is 0 Å². The molecule has 4 rings (SSSR count). The monoisotopic (exact) mass is 395 g/mol. The second kappa shape index (κ2) is 9.43. The number of carbonyl (C=O) groups is 1. The zero-order valence-electron chi connectivity index (χ0n) is 16.3. The van der Waals surface area contributed by atoms with Crippen molar-refractivity contribution in [3.8, 4) is 0 Å². The third-order valence-corrected chi connectivity index (χ3v) is 4.55. The van der Waals surface area contributed by atoms with Crippen LogP contribution < -0.4 is 10.2 Å². The van der Waals surface area contributed by atoms with Crippen LogP contribution in [0.25, 0.3) is 0 Å². The summed E-state index contributed by atoms with van der Waals surface area (Å²) in [4.78, 5) is 27.8. The Morgan fingerprint density at radius 2 is 1.47 bits per heavy atom. The van der Waals surface area contributed by atoms with Gasteiger partial charge in [-0.3, -0.25) is 9.78 Å². The third-order valence-electron chi connectivity index (χ3n) is 4.55. The summed E-state index contributed by atoms with van der Waals surface area (Å²) in [7, 11) is 0. The maximum absolute atomic E-state index is 13.3. The van der Waals surface area contributed by atoms with Crippen LogP contribution in [0, 0.1) is 0 Å². The zero-order chi connectivity index (χ0) is 20.6. The number of aromatic nitrogens is 3. The van der Waals surface area contributed by atoms with E-state index in [2.05, 4.69) is 20.3 Å². The topological polar surface area (TPSA) is 71.0 Å². The Hall–Kier alpha value is -4.06. The van der Waals surface area contributed by atoms with E-state index in [0.717, 1.165) is 16.9 Å². The van der Waals surface area contributed by atoms with Crippen molar-refractivity contribution in [2.75, 3.05) is 10.2 Å². The molecule has 2 heterocycles. The Kier molecular flexibility index (Phi) is 6.05. The molecule has 0 radical (unpaired) electrons. The first-order chi connectivity index (χ1) is 14.8. The molecule has 1 N–H and O–H groups in total. The van der Waals surface area contributed by atoms with Gasteiger partial charge in [0.05, 0.1) is 24.3 Å². The van der Waals surface area contributed by atoms with Crippen molar-refractivity contribution in [2.45, 2.75) is 13.1 Å². The molecule has 0 bridgehead atoms. The van der Waals surface area contributed by atoms with E-state index < -0.39 is 0 Å². The molecule has 0 fully saturated rings. The highest BCUT2D eigenvalue weighted by molar-refractivity contribution is 6.05. The zero-order valence-corrected chi connectivity index (χ0v) is 16.3. The van der Waals surface area contributed by atoms with Crippen LogP contribution in [0.15, 0.2) is 97.5 Å². The number of carbonyl (C=O) groups excluding carboxylic acids is 1. The lowest BCUT2D eigenvalue weighted by atomic mass is 10.1. The maximum Gasteiger partial charge on any atom is 0.261 e. The van der Waals surface area contributed by atoms with Crippen LogP contribution in [0.3, 0.4) is 0 Å². The minimum atomic E-state index is -0.152. The summed E-state index contributed by atoms with van der Waals surface area (Å²) in [5.74, 6) is 0.299. The van der Waals surface area contributed by atoms with E-state index in [9.17, 15) is 4.79 Å². The first kappa shape index (κ1) is 19.3. The summed E-state index contributed by atoms with van der Waals surface area (Å²) in [5, 5.41) is 3.12. The Bertz CT molecular complexity index is 1070. The van der Waals surface area contributed by atoms with Gasteiger partial charge in [-0.05, 0) is 29.8 Å². The first-order valence-electron chi connectivity index (χ1n) is 9.66. The van der Waals surface area contributed by atoms with Gasteiger partial charge in [0.15, 0.2) is 0 Å². The van der Waals surface area contributed by atoms with E-state index in [0.29, 0.717) is 24.6 Å². The summed E-state index contributed by atoms with van der Waals surface area (Å²) in [6.45, 7) is 0.974. The molecule has 0 atom stereocenters. The van der Waals surface area contributed by atoms with Crippen molar-refractivity contribution in [1.82, 2.24) is 15.0 Å². The average Bonchev–Trinajstić information content (AvgIpc) is 2.83. The van der Waals surface area contributed by atoms with E-state index in [1.807, 2.05) is 78.9 Å². The molecule has 4 aromatic rings. The summed E-state index contributed by atoms with van der Waals surface area (Å²) in [5.41, 5.74) is 3.19. The Balaban J connectivity index is 1.51. The van der Waals surface area contributed by atoms with Crippen molar-refractivity contribution in [3.63, 3.8) is 0 Å². The molecule has 6 heteroatoms. The SMILES string of the molecule is O=C(c1cnc(NCc2ccccn2)nc1)N(Cc1ccccc1)c1ccccc1. The number of hydrogen-bond donors (Lipinski definition) is 1. The van der Waals surface area contributed by atoms with Crippen LogP contribution in [0.5, 0.6) is 0 Å². The molecule has 2 aromatic heterocycles. The van der Waals surface area contributed by atoms with E-state index in [-0.39, 0.29) is 5.91 Å². The van der Waals surface area contributed by atoms with Gasteiger partial charge in [-0.2, -0.15) is 0 Å². The number of benzene rings is 2. The second-order valence-electron chi connectivity index (χ2n) is 6.68. The smallest absolute Gasteiger partial charge is 0.261 e. The van der Waals surface area contributed by atoms with Gasteiger partial charge in [-0.1, -0.05) is 54.6 Å². The normalized spacial score (nSPS) is 10.4. The highest BCUT2D eigenvalue weighted by atomic mass is 16.2. The third kappa shape index (κ3) is 4.86. The van der Waals surface area contributed by atoms with Gasteiger partial charge in [0.25, 0.3) is 5.91 Å². The van der Waals surface area contributed by atoms with Crippen molar-refractivity contribution in [2.24, 2.45) is 0 Å². The number of hydrogen-bond acceptors (Lipinski definition) is 5. The molecule has 0 aliphatic rings. The van der Waals surface area contributed by atoms with E-state index in [1.165, 1.54) is 0 Å². The lowest BCUT2D eigenvalue weighted by molar-refractivity contribution is 0.0984. The van der Waals surface area contributed by atoms with Crippen LogP contribution in [-0.2, 0) is 13.1 Å². The lowest BCUT2D eigenvalue weighted by Crippen LogP contribution is -2.30. The molecule has 2 aromatic carbocycles. The van der Waals surface area contributed by atoms with Crippen LogP contribution in [0.4, 0.5) is 11.6 Å². The molecule has 0 aliphatic heterocycles. The molecule has 0 spiro atoms. The standard InChI is InChI=1S/C24H21N5O/c30-23(20-15-26-24(27-16-20)28-17-21-11-7-8-14-25-21)29(22-12-5-2-6-13-22)18-19-9-3-1-4-10-19/h1-16H,17-18H2,(H,26,27,28). The van der Waals surface area contributed by atoms with Crippen LogP contribution in [0.1, 0.15) is 21.6 Å². The summed E-state index contributed by atoms with van der Waals surface area (Å²) < 4.78 is 0. The number of anilines is 2. The van der Waals surface area contributed by atoms with Crippen molar-refractivity contribution in [1.29, 1.82) is 0 Å². The number of rotatable bonds is 7. The van der Waals surface area contributed by atoms with E-state index in [4.69, 9.17) is 0 Å². The van der Waals surface area contributed by atoms with Gasteiger partial charge in [-0.15, -0.1) is 0 Å². The molecule has 1 amide bonds. The number of pyridine rings is 1. The number of nitrogens with one attached hydrogen (secondary N) is 1. The van der Waals surface area contributed by atoms with E-state index in [1.54, 1.807) is 23.5 Å². The summed E-state index contributed by atoms with van der Waals surface area (Å²) in [6, 6.07) is 25.2. The fourth-order valence-corrected chi connectivity index (χ4v) is 3.01. The molecular formula is C24H21N5O. The van der Waals surface area contributed by atoms with Gasteiger partial charge in [0.1, 0.15) is 0 Å². The molecular weight excluding hydrogens is 374 g/mol. The Morgan fingerprint density at radius 3 is 2.13 bits per heavy atom. The molecule has 0 saturated heterocycles. The highest BCUT2D eigenvalue weighted by Gasteiger charge is 2.19. The molecule has 0 unspecified atom stereocenters. The van der Waals surface area contributed by atoms with Gasteiger partial charge in [-0.25, -0.2) is 9.97 Å². The highest BCUT2D eigenvalue weighted by Crippen LogP contribution is 2.20. The molecule has 0 aliphatic carbocycles. The minimum absolute atomic E-state index is 0.152. The quantitative estimate of drug-likeness (QED) is 0.504. The predicted octanol–water partition coefficient (Wildman–Crippen LogP) is 4.33. The largest absolute Gasteiger partial charge is 0.349 e. The predicted molar refractivity (Wildman–Crippen MR) is 117 cm³/mol. The molecule has 6 nitrogen and oxygen atoms in total. The van der Waals surface area contributed by atoms with Gasteiger partial charge in [0.2, 0.25) is 5.95 Å². The Labute approximate surface area is 175 Å². The van der Waals surface area contributed by atoms with Gasteiger partial charge >= 0.3 is 0 Å². The molecule has 0 saturated carbocycles. The number of para-hydroxylation sites is 1. The van der Waals surface area contributed by atoms with Crippen molar-refractivity contribution >= 4 is 17.5 Å². The Morgan fingerprint density at radius 1 is 0.800 bits per heavy atom. The van der Waals surface area contributed by atoms with Crippen LogP contribution in [-0.4, -0.2) is 20.9 Å². The second-order valence-corrected chi connectivity index (χ2v) is 6.68. The first-order valence-corrected chi connectivity index (χ1v) is 9.66. The summed E-state index contributed by atoms with van der Waals surface area (Å²) >= 11 is 0. The van der Waals surface area contributed by atoms with Crippen molar-refractivity contribution in [3.05, 3.63) is 114 Å². The van der Waals surface area contributed by atoms with Crippen LogP contribution >= 0.6 is 0 Å². The number of nitrogens with zero attached hydrogens (tertiary/aromatic N) is 4. The maximum atomic E-state index is 13.3. The van der Waals surface area contributed by atoms with Gasteiger partial charge < -0.3 is 10.2 Å². The molecule has 148 valence electrons. The molecule has 30 heavy (non-hydrogen) atoms. The number of amides is 1. The fraction of sp³-hybridized carbons (Fsp3) is 0.0833. The lowest BCUT2D eigenvalue weighted by Gasteiger charge is -2.23. The van der Waals surface area contributed by atoms with Crippen molar-refractivity contribution < 1.29 is 4.79 Å². The fourth-order valence-electron chi connectivity index (χ4n) is 3.01. The van der Waals surface area contributed by atoms with E-state index >= 15 is 0 Å². The van der Waals surface area contributed by atoms with Gasteiger partial charge in [0, 0.05) is 24.3 Å². The summed E-state index contributed by atoms with van der Waals surface area (Å²) in [6.07, 6.45) is 4.85. The minimum Gasteiger partial charge on any atom is -0.349 e.